The van der Waals surface area contributed by atoms with Gasteiger partial charge in [-0.25, -0.2) is 8.42 Å². The Balaban J connectivity index is 1.98. The summed E-state index contributed by atoms with van der Waals surface area (Å²) in [6.45, 7) is 4.92. The molecule has 2 amide bonds. The molecule has 3 aromatic carbocycles. The van der Waals surface area contributed by atoms with Gasteiger partial charge in [0, 0.05) is 17.6 Å². The fourth-order valence-electron chi connectivity index (χ4n) is 3.62. The first-order chi connectivity index (χ1) is 17.1. The zero-order valence-corrected chi connectivity index (χ0v) is 22.0. The second-order valence-corrected chi connectivity index (χ2v) is 10.9. The topological polar surface area (TPSA) is 86.8 Å². The summed E-state index contributed by atoms with van der Waals surface area (Å²) in [5.41, 5.74) is 1.11. The average Bonchev–Trinajstić information content (AvgIpc) is 2.87. The molecular weight excluding hydrogens is 498 g/mol. The Morgan fingerprint density at radius 1 is 0.861 bits per heavy atom. The van der Waals surface area contributed by atoms with Crippen LogP contribution in [0.2, 0.25) is 5.02 Å². The Kier molecular flexibility index (Phi) is 9.12. The zero-order valence-electron chi connectivity index (χ0n) is 20.5. The standard InChI is InChI=1S/C27H30ClN3O4S/c1-20(2)29-27(33)21(3)30(18-22-14-16-23(28)17-15-22)26(32)19-31(24-10-6-4-7-11-24)36(34,35)25-12-8-5-9-13-25/h4-17,20-21H,18-19H2,1-3H3,(H,29,33). The van der Waals surface area contributed by atoms with Crippen molar-refractivity contribution in [1.29, 1.82) is 0 Å². The van der Waals surface area contributed by atoms with E-state index in [9.17, 15) is 18.0 Å². The molecule has 36 heavy (non-hydrogen) atoms. The van der Waals surface area contributed by atoms with Gasteiger partial charge in [-0.05, 0) is 62.7 Å². The molecule has 0 aliphatic carbocycles. The molecule has 0 aliphatic heterocycles. The Labute approximate surface area is 217 Å². The van der Waals surface area contributed by atoms with Gasteiger partial charge >= 0.3 is 0 Å². The van der Waals surface area contributed by atoms with Gasteiger partial charge in [-0.1, -0.05) is 60.1 Å². The highest BCUT2D eigenvalue weighted by atomic mass is 35.5. The first-order valence-corrected chi connectivity index (χ1v) is 13.4. The van der Waals surface area contributed by atoms with Crippen molar-refractivity contribution in [2.75, 3.05) is 10.8 Å². The van der Waals surface area contributed by atoms with Crippen molar-refractivity contribution in [3.8, 4) is 0 Å². The molecule has 1 unspecified atom stereocenters. The Hall–Kier alpha value is -3.36. The fraction of sp³-hybridized carbons (Fsp3) is 0.259. The summed E-state index contributed by atoms with van der Waals surface area (Å²) >= 11 is 6.01. The lowest BCUT2D eigenvalue weighted by Gasteiger charge is -2.32. The van der Waals surface area contributed by atoms with E-state index in [1.807, 2.05) is 13.8 Å². The van der Waals surface area contributed by atoms with E-state index >= 15 is 0 Å². The van der Waals surface area contributed by atoms with Crippen LogP contribution in [0.3, 0.4) is 0 Å². The quantitative estimate of drug-likeness (QED) is 0.421. The highest BCUT2D eigenvalue weighted by Gasteiger charge is 2.32. The van der Waals surface area contributed by atoms with Crippen LogP contribution in [0, 0.1) is 0 Å². The van der Waals surface area contributed by atoms with E-state index in [1.165, 1.54) is 17.0 Å². The molecule has 0 bridgehead atoms. The minimum absolute atomic E-state index is 0.0662. The number of benzene rings is 3. The number of carbonyl (C=O) groups excluding carboxylic acids is 2. The molecule has 190 valence electrons. The van der Waals surface area contributed by atoms with Crippen molar-refractivity contribution in [3.63, 3.8) is 0 Å². The molecule has 0 heterocycles. The predicted molar refractivity (Wildman–Crippen MR) is 142 cm³/mol. The third-order valence-corrected chi connectivity index (χ3v) is 7.56. The number of nitrogens with one attached hydrogen (secondary N) is 1. The lowest BCUT2D eigenvalue weighted by atomic mass is 10.1. The molecular formula is C27H30ClN3O4S. The molecule has 0 spiro atoms. The Morgan fingerprint density at radius 3 is 1.97 bits per heavy atom. The maximum atomic E-state index is 13.7. The van der Waals surface area contributed by atoms with Gasteiger partial charge in [-0.2, -0.15) is 0 Å². The minimum Gasteiger partial charge on any atom is -0.352 e. The maximum absolute atomic E-state index is 13.7. The first kappa shape index (κ1) is 27.2. The number of rotatable bonds is 10. The summed E-state index contributed by atoms with van der Waals surface area (Å²) in [7, 11) is -4.06. The van der Waals surface area contributed by atoms with Crippen molar-refractivity contribution >= 4 is 39.1 Å². The zero-order chi connectivity index (χ0) is 26.3. The number of amides is 2. The van der Waals surface area contributed by atoms with Crippen LogP contribution >= 0.6 is 11.6 Å². The molecule has 0 saturated heterocycles. The van der Waals surface area contributed by atoms with E-state index < -0.39 is 28.5 Å². The first-order valence-electron chi connectivity index (χ1n) is 11.6. The number of carbonyl (C=O) groups is 2. The second kappa shape index (κ2) is 12.1. The molecule has 3 rings (SSSR count). The van der Waals surface area contributed by atoms with E-state index in [2.05, 4.69) is 5.32 Å². The van der Waals surface area contributed by atoms with E-state index in [0.29, 0.717) is 10.7 Å². The van der Waals surface area contributed by atoms with Crippen LogP contribution in [0.1, 0.15) is 26.3 Å². The average molecular weight is 528 g/mol. The summed E-state index contributed by atoms with van der Waals surface area (Å²) in [5.74, 6) is -0.843. The fourth-order valence-corrected chi connectivity index (χ4v) is 5.18. The molecule has 0 aromatic heterocycles. The van der Waals surface area contributed by atoms with Gasteiger partial charge in [0.25, 0.3) is 10.0 Å². The number of anilines is 1. The monoisotopic (exact) mass is 527 g/mol. The lowest BCUT2D eigenvalue weighted by Crippen LogP contribution is -2.52. The van der Waals surface area contributed by atoms with Crippen LogP contribution in [0.15, 0.2) is 89.8 Å². The number of nitrogens with zero attached hydrogens (tertiary/aromatic N) is 2. The second-order valence-electron chi connectivity index (χ2n) is 8.65. The smallest absolute Gasteiger partial charge is 0.264 e. The van der Waals surface area contributed by atoms with Gasteiger partial charge < -0.3 is 10.2 Å². The molecule has 0 saturated carbocycles. The van der Waals surface area contributed by atoms with Crippen molar-refractivity contribution in [2.45, 2.75) is 44.3 Å². The predicted octanol–water partition coefficient (Wildman–Crippen LogP) is 4.48. The number of sulfonamides is 1. The maximum Gasteiger partial charge on any atom is 0.264 e. The highest BCUT2D eigenvalue weighted by molar-refractivity contribution is 7.92. The van der Waals surface area contributed by atoms with Gasteiger partial charge in [0.15, 0.2) is 0 Å². The highest BCUT2D eigenvalue weighted by Crippen LogP contribution is 2.24. The van der Waals surface area contributed by atoms with Crippen molar-refractivity contribution in [1.82, 2.24) is 10.2 Å². The molecule has 3 aromatic rings. The molecule has 7 nitrogen and oxygen atoms in total. The lowest BCUT2D eigenvalue weighted by molar-refractivity contribution is -0.139. The molecule has 0 radical (unpaired) electrons. The summed E-state index contributed by atoms with van der Waals surface area (Å²) in [6, 6.07) is 22.4. The van der Waals surface area contributed by atoms with Gasteiger partial charge in [0.1, 0.15) is 12.6 Å². The third-order valence-electron chi connectivity index (χ3n) is 5.52. The van der Waals surface area contributed by atoms with E-state index in [-0.39, 0.29) is 23.4 Å². The van der Waals surface area contributed by atoms with Gasteiger partial charge in [-0.3, -0.25) is 13.9 Å². The summed E-state index contributed by atoms with van der Waals surface area (Å²) < 4.78 is 28.3. The summed E-state index contributed by atoms with van der Waals surface area (Å²) in [5, 5.41) is 3.38. The Morgan fingerprint density at radius 2 is 1.42 bits per heavy atom. The van der Waals surface area contributed by atoms with Crippen LogP contribution in [-0.4, -0.2) is 43.8 Å². The van der Waals surface area contributed by atoms with Crippen LogP contribution in [0.5, 0.6) is 0 Å². The molecule has 1 N–H and O–H groups in total. The largest absolute Gasteiger partial charge is 0.352 e. The van der Waals surface area contributed by atoms with Crippen LogP contribution in [0.25, 0.3) is 0 Å². The number of halogens is 1. The van der Waals surface area contributed by atoms with Crippen LogP contribution in [-0.2, 0) is 26.2 Å². The summed E-state index contributed by atoms with van der Waals surface area (Å²) in [4.78, 5) is 28.0. The van der Waals surface area contributed by atoms with Crippen LogP contribution in [0.4, 0.5) is 5.69 Å². The van der Waals surface area contributed by atoms with Crippen molar-refractivity contribution < 1.29 is 18.0 Å². The molecule has 0 aliphatic rings. The summed E-state index contributed by atoms with van der Waals surface area (Å²) in [6.07, 6.45) is 0. The third kappa shape index (κ3) is 6.86. The number of hydrogen-bond acceptors (Lipinski definition) is 4. The number of hydrogen-bond donors (Lipinski definition) is 1. The van der Waals surface area contributed by atoms with Crippen molar-refractivity contribution in [3.05, 3.63) is 95.5 Å². The molecule has 9 heteroatoms. The van der Waals surface area contributed by atoms with Gasteiger partial charge in [-0.15, -0.1) is 0 Å². The van der Waals surface area contributed by atoms with Crippen LogP contribution < -0.4 is 9.62 Å². The molecule has 1 atom stereocenters. The van der Waals surface area contributed by atoms with E-state index in [4.69, 9.17) is 11.6 Å². The van der Waals surface area contributed by atoms with E-state index in [1.54, 1.807) is 79.7 Å². The SMILES string of the molecule is CC(C)NC(=O)C(C)N(Cc1ccc(Cl)cc1)C(=O)CN(c1ccccc1)S(=O)(=O)c1ccccc1. The van der Waals surface area contributed by atoms with Gasteiger partial charge in [0.05, 0.1) is 10.6 Å². The van der Waals surface area contributed by atoms with E-state index in [0.717, 1.165) is 9.87 Å². The van der Waals surface area contributed by atoms with Crippen molar-refractivity contribution in [2.24, 2.45) is 0 Å². The number of para-hydroxylation sites is 1. The van der Waals surface area contributed by atoms with Gasteiger partial charge in [0.2, 0.25) is 11.8 Å². The molecule has 0 fully saturated rings. The minimum atomic E-state index is -4.06. The Bertz CT molecular complexity index is 1270. The normalized spacial score (nSPS) is 12.1.